The number of sulfonamides is 1. The Kier molecular flexibility index (Phi) is 10.5. The normalized spacial score (nSPS) is 12.1. The lowest BCUT2D eigenvalue weighted by Gasteiger charge is -2.33. The molecule has 0 saturated carbocycles. The molecule has 3 aromatic carbocycles. The van der Waals surface area contributed by atoms with Crippen LogP contribution in [0.3, 0.4) is 0 Å². The molecule has 1 N–H and O–H groups in total. The van der Waals surface area contributed by atoms with Crippen molar-refractivity contribution in [1.82, 2.24) is 10.2 Å². The Morgan fingerprint density at radius 3 is 2.33 bits per heavy atom. The number of nitrogens with zero attached hydrogens (tertiary/aromatic N) is 2. The zero-order valence-electron chi connectivity index (χ0n) is 22.8. The van der Waals surface area contributed by atoms with E-state index in [1.807, 2.05) is 13.8 Å². The number of carbonyl (C=O) groups excluding carboxylic acids is 2. The molecule has 0 aliphatic heterocycles. The van der Waals surface area contributed by atoms with Gasteiger partial charge in [0.2, 0.25) is 11.8 Å². The second-order valence-electron chi connectivity index (χ2n) is 9.38. The Balaban J connectivity index is 2.08. The van der Waals surface area contributed by atoms with Crippen molar-refractivity contribution in [3.63, 3.8) is 0 Å². The van der Waals surface area contributed by atoms with Crippen molar-refractivity contribution in [2.45, 2.75) is 50.7 Å². The highest BCUT2D eigenvalue weighted by molar-refractivity contribution is 7.92. The molecule has 2 amide bonds. The van der Waals surface area contributed by atoms with Gasteiger partial charge in [-0.1, -0.05) is 48.9 Å². The number of hydrogen-bond donors (Lipinski definition) is 1. The summed E-state index contributed by atoms with van der Waals surface area (Å²) in [5.41, 5.74) is 0.690. The molecule has 0 heterocycles. The van der Waals surface area contributed by atoms with Gasteiger partial charge in [0.05, 0.1) is 22.7 Å². The lowest BCUT2D eigenvalue weighted by molar-refractivity contribution is -0.140. The molecule has 3 rings (SSSR count). The van der Waals surface area contributed by atoms with Gasteiger partial charge in [0.15, 0.2) is 0 Å². The van der Waals surface area contributed by atoms with Crippen molar-refractivity contribution < 1.29 is 27.1 Å². The van der Waals surface area contributed by atoms with Crippen LogP contribution in [-0.4, -0.2) is 50.9 Å². The number of amides is 2. The van der Waals surface area contributed by atoms with Crippen LogP contribution < -0.4 is 14.4 Å². The number of carbonyl (C=O) groups is 2. The number of methoxy groups -OCH3 is 1. The number of hydrogen-bond acceptors (Lipinski definition) is 5. The molecule has 40 heavy (non-hydrogen) atoms. The highest BCUT2D eigenvalue weighted by atomic mass is 35.5. The van der Waals surface area contributed by atoms with Crippen LogP contribution in [0.4, 0.5) is 10.1 Å². The first-order chi connectivity index (χ1) is 19.0. The molecule has 0 spiro atoms. The number of halogens is 2. The molecule has 0 unspecified atom stereocenters. The summed E-state index contributed by atoms with van der Waals surface area (Å²) in [6.07, 6.45) is 0.280. The van der Waals surface area contributed by atoms with Crippen molar-refractivity contribution in [3.8, 4) is 5.75 Å². The maximum absolute atomic E-state index is 14.0. The fourth-order valence-corrected chi connectivity index (χ4v) is 5.76. The summed E-state index contributed by atoms with van der Waals surface area (Å²) >= 11 is 6.00. The Morgan fingerprint density at radius 2 is 1.73 bits per heavy atom. The van der Waals surface area contributed by atoms with Crippen LogP contribution in [0.25, 0.3) is 0 Å². The first kappa shape index (κ1) is 30.9. The largest absolute Gasteiger partial charge is 0.497 e. The molecule has 8 nitrogen and oxygen atoms in total. The third-order valence-corrected chi connectivity index (χ3v) is 8.18. The summed E-state index contributed by atoms with van der Waals surface area (Å²) in [6, 6.07) is 17.0. The monoisotopic (exact) mass is 589 g/mol. The second-order valence-corrected chi connectivity index (χ2v) is 11.7. The van der Waals surface area contributed by atoms with Crippen LogP contribution in [0.1, 0.15) is 32.8 Å². The average Bonchev–Trinajstić information content (AvgIpc) is 2.93. The van der Waals surface area contributed by atoms with E-state index in [1.54, 1.807) is 49.4 Å². The first-order valence-corrected chi connectivity index (χ1v) is 14.5. The summed E-state index contributed by atoms with van der Waals surface area (Å²) in [6.45, 7) is 4.75. The van der Waals surface area contributed by atoms with Crippen LogP contribution >= 0.6 is 11.6 Å². The average molecular weight is 590 g/mol. The van der Waals surface area contributed by atoms with E-state index >= 15 is 0 Å². The zero-order chi connectivity index (χ0) is 29.4. The highest BCUT2D eigenvalue weighted by Crippen LogP contribution is 2.28. The summed E-state index contributed by atoms with van der Waals surface area (Å²) in [5, 5.41) is 2.55. The predicted octanol–water partition coefficient (Wildman–Crippen LogP) is 5.02. The molecule has 3 aromatic rings. The zero-order valence-corrected chi connectivity index (χ0v) is 24.4. The van der Waals surface area contributed by atoms with Gasteiger partial charge in [-0.15, -0.1) is 0 Å². The van der Waals surface area contributed by atoms with E-state index < -0.39 is 34.3 Å². The third kappa shape index (κ3) is 7.51. The van der Waals surface area contributed by atoms with Crippen LogP contribution in [0.15, 0.2) is 77.7 Å². The van der Waals surface area contributed by atoms with Crippen molar-refractivity contribution in [2.75, 3.05) is 18.0 Å². The van der Waals surface area contributed by atoms with E-state index in [1.165, 1.54) is 30.2 Å². The number of benzene rings is 3. The number of anilines is 1. The van der Waals surface area contributed by atoms with Crippen molar-refractivity contribution in [3.05, 3.63) is 89.2 Å². The van der Waals surface area contributed by atoms with Crippen molar-refractivity contribution in [2.24, 2.45) is 0 Å². The van der Waals surface area contributed by atoms with Gasteiger partial charge in [-0.05, 0) is 68.3 Å². The van der Waals surface area contributed by atoms with Gasteiger partial charge in [-0.25, -0.2) is 12.8 Å². The van der Waals surface area contributed by atoms with Gasteiger partial charge >= 0.3 is 0 Å². The summed E-state index contributed by atoms with van der Waals surface area (Å²) in [4.78, 5) is 28.5. The van der Waals surface area contributed by atoms with E-state index in [4.69, 9.17) is 16.3 Å². The molecular formula is C29H33ClFN3O5S. The summed E-state index contributed by atoms with van der Waals surface area (Å²) in [5.74, 6) is -1.16. The van der Waals surface area contributed by atoms with Gasteiger partial charge in [0, 0.05) is 12.6 Å². The Labute approximate surface area is 239 Å². The molecule has 0 bridgehead atoms. The fraction of sp³-hybridized carbons (Fsp3) is 0.310. The maximum atomic E-state index is 14.0. The summed E-state index contributed by atoms with van der Waals surface area (Å²) in [7, 11) is -2.76. The van der Waals surface area contributed by atoms with E-state index in [9.17, 15) is 22.4 Å². The molecule has 0 aliphatic carbocycles. The number of nitrogens with one attached hydrogen (secondary N) is 1. The molecule has 0 saturated heterocycles. The van der Waals surface area contributed by atoms with Crippen LogP contribution in [-0.2, 0) is 26.2 Å². The molecule has 214 valence electrons. The molecule has 0 fully saturated rings. The van der Waals surface area contributed by atoms with Crippen LogP contribution in [0.2, 0.25) is 5.02 Å². The van der Waals surface area contributed by atoms with Gasteiger partial charge in [0.25, 0.3) is 10.0 Å². The minimum atomic E-state index is -4.28. The second kappa shape index (κ2) is 13.6. The summed E-state index contributed by atoms with van der Waals surface area (Å²) < 4.78 is 47.7. The Morgan fingerprint density at radius 1 is 1.02 bits per heavy atom. The quantitative estimate of drug-likeness (QED) is 0.320. The lowest BCUT2D eigenvalue weighted by Crippen LogP contribution is -2.53. The maximum Gasteiger partial charge on any atom is 0.264 e. The van der Waals surface area contributed by atoms with E-state index in [-0.39, 0.29) is 40.5 Å². The molecule has 0 aromatic heterocycles. The van der Waals surface area contributed by atoms with Gasteiger partial charge in [-0.3, -0.25) is 13.9 Å². The van der Waals surface area contributed by atoms with E-state index in [0.29, 0.717) is 11.3 Å². The Hall–Kier alpha value is -3.63. The number of ether oxygens (including phenoxy) is 1. The first-order valence-electron chi connectivity index (χ1n) is 12.7. The minimum absolute atomic E-state index is 0.00427. The standard InChI is InChI=1S/C29H33ClFN3O5S/c1-5-27(29(36)32-20(2)3)33(18-21-10-9-11-23(16-21)39-4)28(35)19-34(22-14-15-26(31)25(30)17-22)40(37,38)24-12-7-6-8-13-24/h6-17,20,27H,5,18-19H2,1-4H3,(H,32,36)/t27-/m1/s1. The lowest BCUT2D eigenvalue weighted by atomic mass is 10.1. The molecule has 1 atom stereocenters. The van der Waals surface area contributed by atoms with Crippen LogP contribution in [0, 0.1) is 5.82 Å². The van der Waals surface area contributed by atoms with Gasteiger partial charge in [0.1, 0.15) is 24.2 Å². The van der Waals surface area contributed by atoms with Crippen molar-refractivity contribution in [1.29, 1.82) is 0 Å². The molecule has 11 heteroatoms. The van der Waals surface area contributed by atoms with E-state index in [2.05, 4.69) is 5.32 Å². The SMILES string of the molecule is CC[C@H](C(=O)NC(C)C)N(Cc1cccc(OC)c1)C(=O)CN(c1ccc(F)c(Cl)c1)S(=O)(=O)c1ccccc1. The molecular weight excluding hydrogens is 557 g/mol. The van der Waals surface area contributed by atoms with Gasteiger partial charge < -0.3 is 15.0 Å². The predicted molar refractivity (Wildman–Crippen MR) is 153 cm³/mol. The van der Waals surface area contributed by atoms with Crippen LogP contribution in [0.5, 0.6) is 5.75 Å². The fourth-order valence-electron chi connectivity index (χ4n) is 4.16. The topological polar surface area (TPSA) is 96.0 Å². The smallest absolute Gasteiger partial charge is 0.264 e. The highest BCUT2D eigenvalue weighted by Gasteiger charge is 2.34. The third-order valence-electron chi connectivity index (χ3n) is 6.11. The van der Waals surface area contributed by atoms with Crippen molar-refractivity contribution >= 4 is 39.1 Å². The molecule has 0 aliphatic rings. The molecule has 0 radical (unpaired) electrons. The Bertz CT molecular complexity index is 1440. The van der Waals surface area contributed by atoms with E-state index in [0.717, 1.165) is 16.4 Å². The van der Waals surface area contributed by atoms with Gasteiger partial charge in [-0.2, -0.15) is 0 Å². The minimum Gasteiger partial charge on any atom is -0.497 e. The number of rotatable bonds is 12.